The number of halogens is 1. The van der Waals surface area contributed by atoms with E-state index >= 15 is 0 Å². The highest BCUT2D eigenvalue weighted by atomic mass is 127. The van der Waals surface area contributed by atoms with E-state index in [4.69, 9.17) is 10.3 Å². The lowest BCUT2D eigenvalue weighted by Gasteiger charge is -2.23. The molecular formula is C13H16IN3O. The summed E-state index contributed by atoms with van der Waals surface area (Å²) in [6.07, 6.45) is 0. The van der Waals surface area contributed by atoms with Crippen LogP contribution in [0.2, 0.25) is 0 Å². The predicted molar refractivity (Wildman–Crippen MR) is 78.8 cm³/mol. The second kappa shape index (κ2) is 4.97. The van der Waals surface area contributed by atoms with E-state index in [0.717, 1.165) is 5.56 Å². The molecule has 5 heteroatoms. The van der Waals surface area contributed by atoms with Crippen LogP contribution in [0.15, 0.2) is 28.8 Å². The average Bonchev–Trinajstić information content (AvgIpc) is 2.77. The monoisotopic (exact) mass is 357 g/mol. The minimum absolute atomic E-state index is 0.0901. The first-order chi connectivity index (χ1) is 8.38. The summed E-state index contributed by atoms with van der Waals surface area (Å²) in [7, 11) is 0. The van der Waals surface area contributed by atoms with Gasteiger partial charge in [0.05, 0.1) is 6.04 Å². The summed E-state index contributed by atoms with van der Waals surface area (Å²) >= 11 is 2.26. The molecule has 2 rings (SSSR count). The number of benzene rings is 1. The third-order valence-electron chi connectivity index (χ3n) is 2.74. The number of rotatable bonds is 2. The van der Waals surface area contributed by atoms with Crippen LogP contribution < -0.4 is 5.73 Å². The largest absolute Gasteiger partial charge is 0.334 e. The summed E-state index contributed by atoms with van der Waals surface area (Å²) in [5, 5.41) is 3.97. The molecule has 1 aromatic heterocycles. The first-order valence-electron chi connectivity index (χ1n) is 5.73. The second-order valence-electron chi connectivity index (χ2n) is 5.31. The molecule has 2 aromatic rings. The van der Waals surface area contributed by atoms with Crippen molar-refractivity contribution in [2.75, 3.05) is 0 Å². The predicted octanol–water partition coefficient (Wildman–Crippen LogP) is 3.39. The van der Waals surface area contributed by atoms with E-state index in [1.165, 1.54) is 3.57 Å². The molecule has 4 nitrogen and oxygen atoms in total. The van der Waals surface area contributed by atoms with Crippen molar-refractivity contribution in [2.45, 2.75) is 26.8 Å². The maximum atomic E-state index is 6.10. The molecule has 0 spiro atoms. The van der Waals surface area contributed by atoms with Gasteiger partial charge in [-0.25, -0.2) is 0 Å². The van der Waals surface area contributed by atoms with Crippen molar-refractivity contribution in [3.8, 4) is 11.5 Å². The van der Waals surface area contributed by atoms with Gasteiger partial charge in [-0.1, -0.05) is 25.9 Å². The van der Waals surface area contributed by atoms with Crippen LogP contribution in [0, 0.1) is 8.99 Å². The van der Waals surface area contributed by atoms with Gasteiger partial charge in [0, 0.05) is 9.13 Å². The van der Waals surface area contributed by atoms with Crippen LogP contribution >= 0.6 is 22.6 Å². The standard InChI is InChI=1S/C13H16IN3O/c1-13(2,3)10(15)11-16-12(18-17-11)8-4-6-9(14)7-5-8/h4-7,10H,15H2,1-3H3. The van der Waals surface area contributed by atoms with Crippen molar-refractivity contribution >= 4 is 22.6 Å². The van der Waals surface area contributed by atoms with Crippen LogP contribution in [0.3, 0.4) is 0 Å². The second-order valence-corrected chi connectivity index (χ2v) is 6.55. The van der Waals surface area contributed by atoms with E-state index in [-0.39, 0.29) is 11.5 Å². The van der Waals surface area contributed by atoms with Gasteiger partial charge < -0.3 is 10.3 Å². The van der Waals surface area contributed by atoms with Gasteiger partial charge in [0.15, 0.2) is 5.82 Å². The Morgan fingerprint density at radius 1 is 1.22 bits per heavy atom. The Balaban J connectivity index is 2.28. The first-order valence-corrected chi connectivity index (χ1v) is 6.81. The normalized spacial score (nSPS) is 13.6. The van der Waals surface area contributed by atoms with Crippen LogP contribution in [0.1, 0.15) is 32.6 Å². The van der Waals surface area contributed by atoms with Crippen molar-refractivity contribution < 1.29 is 4.52 Å². The number of nitrogens with two attached hydrogens (primary N) is 1. The summed E-state index contributed by atoms with van der Waals surface area (Å²) in [5.41, 5.74) is 6.92. The van der Waals surface area contributed by atoms with Gasteiger partial charge in [-0.2, -0.15) is 4.98 Å². The number of nitrogens with zero attached hydrogens (tertiary/aromatic N) is 2. The van der Waals surface area contributed by atoms with Crippen molar-refractivity contribution in [3.63, 3.8) is 0 Å². The summed E-state index contributed by atoms with van der Waals surface area (Å²) in [4.78, 5) is 4.37. The van der Waals surface area contributed by atoms with Crippen LogP contribution in [0.4, 0.5) is 0 Å². The molecule has 0 bridgehead atoms. The van der Waals surface area contributed by atoms with Crippen LogP contribution in [-0.4, -0.2) is 10.1 Å². The van der Waals surface area contributed by atoms with Gasteiger partial charge >= 0.3 is 0 Å². The van der Waals surface area contributed by atoms with E-state index in [9.17, 15) is 0 Å². The summed E-state index contributed by atoms with van der Waals surface area (Å²) in [6.45, 7) is 6.16. The van der Waals surface area contributed by atoms with E-state index in [0.29, 0.717) is 11.7 Å². The molecule has 0 fully saturated rings. The van der Waals surface area contributed by atoms with Gasteiger partial charge in [-0.3, -0.25) is 0 Å². The third kappa shape index (κ3) is 2.89. The SMILES string of the molecule is CC(C)(C)C(N)c1noc(-c2ccc(I)cc2)n1. The summed E-state index contributed by atoms with van der Waals surface area (Å²) in [6, 6.07) is 7.69. The van der Waals surface area contributed by atoms with Crippen LogP contribution in [0.5, 0.6) is 0 Å². The Bertz CT molecular complexity index is 528. The zero-order chi connectivity index (χ0) is 13.3. The highest BCUT2D eigenvalue weighted by Crippen LogP contribution is 2.29. The van der Waals surface area contributed by atoms with E-state index in [2.05, 4.69) is 53.5 Å². The van der Waals surface area contributed by atoms with Gasteiger partial charge in [0.2, 0.25) is 0 Å². The number of aromatic nitrogens is 2. The Morgan fingerprint density at radius 3 is 2.39 bits per heavy atom. The summed E-state index contributed by atoms with van der Waals surface area (Å²) < 4.78 is 6.43. The number of hydrogen-bond donors (Lipinski definition) is 1. The fourth-order valence-electron chi connectivity index (χ4n) is 1.46. The molecule has 18 heavy (non-hydrogen) atoms. The number of hydrogen-bond acceptors (Lipinski definition) is 4. The Hall–Kier alpha value is -0.950. The molecule has 0 aliphatic heterocycles. The molecule has 0 saturated heterocycles. The fraction of sp³-hybridized carbons (Fsp3) is 0.385. The maximum Gasteiger partial charge on any atom is 0.257 e. The lowest BCUT2D eigenvalue weighted by atomic mass is 9.87. The highest BCUT2D eigenvalue weighted by Gasteiger charge is 2.27. The van der Waals surface area contributed by atoms with Gasteiger partial charge in [0.1, 0.15) is 0 Å². The van der Waals surface area contributed by atoms with Crippen molar-refractivity contribution in [2.24, 2.45) is 11.1 Å². The zero-order valence-electron chi connectivity index (χ0n) is 10.6. The fourth-order valence-corrected chi connectivity index (χ4v) is 1.82. The molecule has 0 aliphatic rings. The molecule has 0 saturated carbocycles. The molecule has 1 heterocycles. The van der Waals surface area contributed by atoms with Gasteiger partial charge in [0.25, 0.3) is 5.89 Å². The molecule has 0 amide bonds. The minimum Gasteiger partial charge on any atom is -0.334 e. The molecule has 1 aromatic carbocycles. The van der Waals surface area contributed by atoms with Crippen LogP contribution in [-0.2, 0) is 0 Å². The quantitative estimate of drug-likeness (QED) is 0.837. The third-order valence-corrected chi connectivity index (χ3v) is 3.46. The van der Waals surface area contributed by atoms with Crippen molar-refractivity contribution in [3.05, 3.63) is 33.7 Å². The Labute approximate surface area is 120 Å². The Kier molecular flexibility index (Phi) is 3.72. The average molecular weight is 357 g/mol. The molecule has 0 radical (unpaired) electrons. The van der Waals surface area contributed by atoms with Gasteiger partial charge in [-0.05, 0) is 52.3 Å². The van der Waals surface area contributed by atoms with Crippen molar-refractivity contribution in [1.82, 2.24) is 10.1 Å². The van der Waals surface area contributed by atoms with E-state index in [1.807, 2.05) is 24.3 Å². The maximum absolute atomic E-state index is 6.10. The molecule has 96 valence electrons. The lowest BCUT2D eigenvalue weighted by molar-refractivity contribution is 0.303. The summed E-state index contributed by atoms with van der Waals surface area (Å²) in [5.74, 6) is 1.07. The lowest BCUT2D eigenvalue weighted by Crippen LogP contribution is -2.27. The zero-order valence-corrected chi connectivity index (χ0v) is 12.8. The first kappa shape index (κ1) is 13.5. The molecule has 0 aliphatic carbocycles. The molecule has 1 atom stereocenters. The molecule has 1 unspecified atom stereocenters. The van der Waals surface area contributed by atoms with E-state index < -0.39 is 0 Å². The topological polar surface area (TPSA) is 64.9 Å². The highest BCUT2D eigenvalue weighted by molar-refractivity contribution is 14.1. The Morgan fingerprint density at radius 2 is 1.83 bits per heavy atom. The molecule has 2 N–H and O–H groups in total. The van der Waals surface area contributed by atoms with Crippen molar-refractivity contribution in [1.29, 1.82) is 0 Å². The van der Waals surface area contributed by atoms with Crippen LogP contribution in [0.25, 0.3) is 11.5 Å². The smallest absolute Gasteiger partial charge is 0.257 e. The van der Waals surface area contributed by atoms with E-state index in [1.54, 1.807) is 0 Å². The minimum atomic E-state index is -0.237. The van der Waals surface area contributed by atoms with Gasteiger partial charge in [-0.15, -0.1) is 0 Å². The molecular weight excluding hydrogens is 341 g/mol.